The SMILES string of the molecule is CC1(Cn2c(CCCl)nc3c(F)cc(F)cc32)CCCS1. The molecule has 2 nitrogen and oxygen atoms in total. The number of aromatic nitrogens is 2. The second kappa shape index (κ2) is 5.76. The average molecular weight is 331 g/mol. The van der Waals surface area contributed by atoms with Gasteiger partial charge in [-0.3, -0.25) is 0 Å². The summed E-state index contributed by atoms with van der Waals surface area (Å²) >= 11 is 7.75. The van der Waals surface area contributed by atoms with E-state index in [1.807, 2.05) is 16.3 Å². The van der Waals surface area contributed by atoms with Crippen LogP contribution in [-0.2, 0) is 13.0 Å². The lowest BCUT2D eigenvalue weighted by atomic mass is 10.1. The number of aryl methyl sites for hydroxylation is 1. The van der Waals surface area contributed by atoms with Crippen molar-refractivity contribution in [1.29, 1.82) is 0 Å². The number of hydrogen-bond acceptors (Lipinski definition) is 2. The molecule has 3 rings (SSSR count). The van der Waals surface area contributed by atoms with Crippen molar-refractivity contribution >= 4 is 34.4 Å². The van der Waals surface area contributed by atoms with E-state index in [0.717, 1.165) is 24.1 Å². The molecule has 1 aliphatic heterocycles. The second-order valence-corrected chi connectivity index (χ2v) is 7.77. The Morgan fingerprint density at radius 2 is 2.24 bits per heavy atom. The fourth-order valence-electron chi connectivity index (χ4n) is 2.95. The largest absolute Gasteiger partial charge is 0.326 e. The third kappa shape index (κ3) is 2.90. The Morgan fingerprint density at radius 1 is 1.43 bits per heavy atom. The minimum absolute atomic E-state index is 0.0947. The van der Waals surface area contributed by atoms with E-state index in [9.17, 15) is 8.78 Å². The molecule has 0 saturated carbocycles. The lowest BCUT2D eigenvalue weighted by Crippen LogP contribution is -2.25. The summed E-state index contributed by atoms with van der Waals surface area (Å²) in [5, 5.41) is 0. The first kappa shape index (κ1) is 15.1. The third-order valence-corrected chi connectivity index (χ3v) is 5.67. The summed E-state index contributed by atoms with van der Waals surface area (Å²) in [6, 6.07) is 2.25. The number of nitrogens with zero attached hydrogens (tertiary/aromatic N) is 2. The number of imidazole rings is 1. The molecule has 1 saturated heterocycles. The van der Waals surface area contributed by atoms with Crippen LogP contribution in [0, 0.1) is 11.6 Å². The number of rotatable bonds is 4. The average Bonchev–Trinajstić information content (AvgIpc) is 2.98. The van der Waals surface area contributed by atoms with E-state index in [4.69, 9.17) is 11.6 Å². The van der Waals surface area contributed by atoms with Crippen LogP contribution in [-0.4, -0.2) is 25.9 Å². The Kier molecular flexibility index (Phi) is 4.14. The van der Waals surface area contributed by atoms with Crippen LogP contribution in [0.25, 0.3) is 11.0 Å². The molecule has 2 heterocycles. The van der Waals surface area contributed by atoms with Crippen molar-refractivity contribution in [3.8, 4) is 0 Å². The zero-order valence-electron chi connectivity index (χ0n) is 11.8. The van der Waals surface area contributed by atoms with E-state index in [1.54, 1.807) is 0 Å². The summed E-state index contributed by atoms with van der Waals surface area (Å²) in [4.78, 5) is 4.34. The van der Waals surface area contributed by atoms with E-state index in [2.05, 4.69) is 11.9 Å². The van der Waals surface area contributed by atoms with E-state index < -0.39 is 11.6 Å². The summed E-state index contributed by atoms with van der Waals surface area (Å²) in [5.41, 5.74) is 0.768. The Balaban J connectivity index is 2.11. The van der Waals surface area contributed by atoms with Crippen LogP contribution in [0.5, 0.6) is 0 Å². The molecule has 0 amide bonds. The van der Waals surface area contributed by atoms with Crippen molar-refractivity contribution < 1.29 is 8.78 Å². The molecule has 1 unspecified atom stereocenters. The predicted octanol–water partition coefficient (Wildman–Crippen LogP) is 4.38. The van der Waals surface area contributed by atoms with E-state index >= 15 is 0 Å². The Labute approximate surface area is 131 Å². The van der Waals surface area contributed by atoms with Crippen LogP contribution in [0.15, 0.2) is 12.1 Å². The highest BCUT2D eigenvalue weighted by atomic mass is 35.5. The molecule has 0 bridgehead atoms. The van der Waals surface area contributed by atoms with Gasteiger partial charge in [0.05, 0.1) is 5.52 Å². The fraction of sp³-hybridized carbons (Fsp3) is 0.533. The van der Waals surface area contributed by atoms with Gasteiger partial charge in [0.25, 0.3) is 0 Å². The van der Waals surface area contributed by atoms with Crippen LogP contribution in [0.1, 0.15) is 25.6 Å². The summed E-state index contributed by atoms with van der Waals surface area (Å²) in [6.07, 6.45) is 2.84. The van der Waals surface area contributed by atoms with Gasteiger partial charge >= 0.3 is 0 Å². The van der Waals surface area contributed by atoms with E-state index in [1.165, 1.54) is 12.5 Å². The van der Waals surface area contributed by atoms with Crippen molar-refractivity contribution in [2.24, 2.45) is 0 Å². The monoisotopic (exact) mass is 330 g/mol. The van der Waals surface area contributed by atoms with E-state index in [0.29, 0.717) is 24.4 Å². The molecule has 6 heteroatoms. The number of hydrogen-bond donors (Lipinski definition) is 0. The quantitative estimate of drug-likeness (QED) is 0.774. The van der Waals surface area contributed by atoms with Gasteiger partial charge in [0.1, 0.15) is 17.2 Å². The molecule has 21 heavy (non-hydrogen) atoms. The number of alkyl halides is 1. The smallest absolute Gasteiger partial charge is 0.153 e. The maximum atomic E-state index is 13.9. The molecule has 1 aromatic heterocycles. The zero-order chi connectivity index (χ0) is 15.0. The highest BCUT2D eigenvalue weighted by Crippen LogP contribution is 2.40. The Morgan fingerprint density at radius 3 is 2.90 bits per heavy atom. The maximum Gasteiger partial charge on any atom is 0.153 e. The van der Waals surface area contributed by atoms with Crippen LogP contribution in [0.3, 0.4) is 0 Å². The van der Waals surface area contributed by atoms with E-state index in [-0.39, 0.29) is 10.3 Å². The molecular formula is C15H17ClF2N2S. The van der Waals surface area contributed by atoms with Crippen LogP contribution in [0.2, 0.25) is 0 Å². The van der Waals surface area contributed by atoms with Crippen LogP contribution >= 0.6 is 23.4 Å². The van der Waals surface area contributed by atoms with Gasteiger partial charge in [-0.1, -0.05) is 0 Å². The summed E-state index contributed by atoms with van der Waals surface area (Å²) < 4.78 is 29.5. The van der Waals surface area contributed by atoms with Crippen molar-refractivity contribution in [3.05, 3.63) is 29.6 Å². The van der Waals surface area contributed by atoms with Gasteiger partial charge in [0.15, 0.2) is 5.82 Å². The normalized spacial score (nSPS) is 22.3. The van der Waals surface area contributed by atoms with Gasteiger partial charge in [0.2, 0.25) is 0 Å². The van der Waals surface area contributed by atoms with Crippen LogP contribution < -0.4 is 0 Å². The Bertz CT molecular complexity index is 665. The van der Waals surface area contributed by atoms with Gasteiger partial charge in [-0.25, -0.2) is 13.8 Å². The molecule has 1 fully saturated rings. The zero-order valence-corrected chi connectivity index (χ0v) is 13.4. The molecule has 1 atom stereocenters. The van der Waals surface area contributed by atoms with Crippen molar-refractivity contribution in [1.82, 2.24) is 9.55 Å². The fourth-order valence-corrected chi connectivity index (χ4v) is 4.40. The molecule has 0 N–H and O–H groups in total. The first-order valence-electron chi connectivity index (χ1n) is 7.06. The number of thioether (sulfide) groups is 1. The molecular weight excluding hydrogens is 314 g/mol. The number of halogens is 3. The summed E-state index contributed by atoms with van der Waals surface area (Å²) in [6.45, 7) is 2.92. The first-order valence-corrected chi connectivity index (χ1v) is 8.58. The standard InChI is InChI=1S/C15H17ClF2N2S/c1-15(4-2-6-21-15)9-20-12-8-10(17)7-11(18)14(12)19-13(20)3-5-16/h7-8H,2-6,9H2,1H3. The summed E-state index contributed by atoms with van der Waals surface area (Å²) in [5.74, 6) is 1.11. The molecule has 0 radical (unpaired) electrons. The van der Waals surface area contributed by atoms with Gasteiger partial charge in [0, 0.05) is 29.7 Å². The maximum absolute atomic E-state index is 13.9. The van der Waals surface area contributed by atoms with Gasteiger partial charge in [-0.15, -0.1) is 11.6 Å². The van der Waals surface area contributed by atoms with Crippen LogP contribution in [0.4, 0.5) is 8.78 Å². The second-order valence-electron chi connectivity index (χ2n) is 5.71. The van der Waals surface area contributed by atoms with Gasteiger partial charge in [-0.05, 0) is 31.6 Å². The number of fused-ring (bicyclic) bond motifs is 1. The highest BCUT2D eigenvalue weighted by molar-refractivity contribution is 8.00. The molecule has 2 aromatic rings. The molecule has 0 spiro atoms. The lowest BCUT2D eigenvalue weighted by Gasteiger charge is -2.24. The molecule has 1 aliphatic rings. The topological polar surface area (TPSA) is 17.8 Å². The minimum Gasteiger partial charge on any atom is -0.326 e. The first-order chi connectivity index (χ1) is 10.0. The molecule has 1 aromatic carbocycles. The van der Waals surface area contributed by atoms with Gasteiger partial charge < -0.3 is 4.57 Å². The molecule has 0 aliphatic carbocycles. The number of benzene rings is 1. The van der Waals surface area contributed by atoms with Crippen molar-refractivity contribution in [3.63, 3.8) is 0 Å². The predicted molar refractivity (Wildman–Crippen MR) is 84.2 cm³/mol. The van der Waals surface area contributed by atoms with Crippen molar-refractivity contribution in [2.45, 2.75) is 37.5 Å². The molecule has 114 valence electrons. The third-order valence-electron chi connectivity index (χ3n) is 3.96. The summed E-state index contributed by atoms with van der Waals surface area (Å²) in [7, 11) is 0. The minimum atomic E-state index is -0.608. The van der Waals surface area contributed by atoms with Crippen molar-refractivity contribution in [2.75, 3.05) is 11.6 Å². The van der Waals surface area contributed by atoms with Gasteiger partial charge in [-0.2, -0.15) is 11.8 Å². The Hall–Kier alpha value is -0.810. The highest BCUT2D eigenvalue weighted by Gasteiger charge is 2.31. The lowest BCUT2D eigenvalue weighted by molar-refractivity contribution is 0.506.